The van der Waals surface area contributed by atoms with Crippen molar-refractivity contribution in [3.05, 3.63) is 81.9 Å². The lowest BCUT2D eigenvalue weighted by molar-refractivity contribution is -0.420. The highest BCUT2D eigenvalue weighted by Gasteiger charge is 2.21. The van der Waals surface area contributed by atoms with Gasteiger partial charge in [-0.1, -0.05) is 29.4 Å². The Labute approximate surface area is 143 Å². The lowest BCUT2D eigenvalue weighted by Crippen LogP contribution is -2.10. The zero-order valence-corrected chi connectivity index (χ0v) is 13.4. The Kier molecular flexibility index (Phi) is 4.56. The van der Waals surface area contributed by atoms with Crippen molar-refractivity contribution < 1.29 is 14.2 Å². The van der Waals surface area contributed by atoms with E-state index in [-0.39, 0.29) is 11.5 Å². The second-order valence-electron chi connectivity index (χ2n) is 5.45. The van der Waals surface area contributed by atoms with E-state index in [1.807, 2.05) is 18.2 Å². The summed E-state index contributed by atoms with van der Waals surface area (Å²) in [5.74, 6) is -0.206. The van der Waals surface area contributed by atoms with Crippen LogP contribution in [0, 0.1) is 10.1 Å². The van der Waals surface area contributed by atoms with Gasteiger partial charge in [0.05, 0.1) is 4.92 Å². The molecule has 0 saturated carbocycles. The number of anilines is 1. The van der Waals surface area contributed by atoms with Crippen LogP contribution in [0.1, 0.15) is 13.3 Å². The molecular weight excluding hydrogens is 322 g/mol. The minimum absolute atomic E-state index is 0.147. The summed E-state index contributed by atoms with van der Waals surface area (Å²) in [4.78, 5) is 22.5. The monoisotopic (exact) mass is 337 g/mol. The minimum atomic E-state index is -0.498. The quantitative estimate of drug-likeness (QED) is 0.659. The van der Waals surface area contributed by atoms with Crippen LogP contribution in [-0.4, -0.2) is 15.9 Å². The molecule has 0 spiro atoms. The Bertz CT molecular complexity index is 908. The standard InChI is InChI=1S/C18H15N3O4/c1-12(22)13-4-3-7-17(18(11-13)21(23)24)19-15-6-2-5-14(10-15)16-8-9-25-20-16/h2,4-11,19H,3H2,1H3. The molecule has 1 heterocycles. The van der Waals surface area contributed by atoms with E-state index < -0.39 is 4.92 Å². The molecule has 0 amide bonds. The number of benzene rings is 1. The molecule has 0 bridgehead atoms. The Morgan fingerprint density at radius 2 is 2.16 bits per heavy atom. The molecule has 0 saturated heterocycles. The third kappa shape index (κ3) is 3.72. The number of carbonyl (C=O) groups is 1. The van der Waals surface area contributed by atoms with E-state index in [0.717, 1.165) is 5.56 Å². The molecule has 0 radical (unpaired) electrons. The average Bonchev–Trinajstić information content (AvgIpc) is 3.03. The second-order valence-corrected chi connectivity index (χ2v) is 5.45. The van der Waals surface area contributed by atoms with Crippen LogP contribution in [-0.2, 0) is 4.79 Å². The summed E-state index contributed by atoms with van der Waals surface area (Å²) in [5, 5.41) is 18.4. The number of Topliss-reactive ketones (excluding diaryl/α,β-unsaturated/α-hetero) is 1. The van der Waals surface area contributed by atoms with E-state index in [4.69, 9.17) is 4.52 Å². The average molecular weight is 337 g/mol. The number of rotatable bonds is 5. The molecule has 7 nitrogen and oxygen atoms in total. The molecule has 1 aromatic carbocycles. The fourth-order valence-electron chi connectivity index (χ4n) is 2.48. The predicted octanol–water partition coefficient (Wildman–Crippen LogP) is 3.72. The summed E-state index contributed by atoms with van der Waals surface area (Å²) in [6, 6.07) is 9.03. The molecule has 7 heteroatoms. The van der Waals surface area contributed by atoms with Gasteiger partial charge < -0.3 is 9.84 Å². The summed E-state index contributed by atoms with van der Waals surface area (Å²) in [6.07, 6.45) is 6.56. The lowest BCUT2D eigenvalue weighted by Gasteiger charge is -2.09. The zero-order chi connectivity index (χ0) is 17.8. The van der Waals surface area contributed by atoms with Crippen molar-refractivity contribution in [1.29, 1.82) is 0 Å². The Morgan fingerprint density at radius 3 is 2.84 bits per heavy atom. The SMILES string of the molecule is CC(=O)C1=CCC=C(Nc2cccc(-c3ccon3)c2)C([N+](=O)[O-])=C1. The minimum Gasteiger partial charge on any atom is -0.364 e. The van der Waals surface area contributed by atoms with E-state index in [2.05, 4.69) is 10.5 Å². The van der Waals surface area contributed by atoms with E-state index in [9.17, 15) is 14.9 Å². The number of aromatic nitrogens is 1. The molecule has 3 rings (SSSR count). The first kappa shape index (κ1) is 16.4. The number of nitrogens with zero attached hydrogens (tertiary/aromatic N) is 2. The van der Waals surface area contributed by atoms with Crippen LogP contribution < -0.4 is 5.32 Å². The zero-order valence-electron chi connectivity index (χ0n) is 13.4. The van der Waals surface area contributed by atoms with Crippen LogP contribution in [0.3, 0.4) is 0 Å². The first-order valence-corrected chi connectivity index (χ1v) is 7.60. The second kappa shape index (κ2) is 6.96. The van der Waals surface area contributed by atoms with E-state index >= 15 is 0 Å². The van der Waals surface area contributed by atoms with Gasteiger partial charge in [0.1, 0.15) is 17.7 Å². The van der Waals surface area contributed by atoms with Crippen LogP contribution in [0.2, 0.25) is 0 Å². The summed E-state index contributed by atoms with van der Waals surface area (Å²) >= 11 is 0. The number of allylic oxidation sites excluding steroid dienone is 4. The maximum atomic E-state index is 11.6. The molecule has 1 aliphatic carbocycles. The number of nitrogens with one attached hydrogen (secondary N) is 1. The van der Waals surface area contributed by atoms with Crippen molar-refractivity contribution in [3.8, 4) is 11.3 Å². The lowest BCUT2D eigenvalue weighted by atomic mass is 10.1. The van der Waals surface area contributed by atoms with Gasteiger partial charge in [0.25, 0.3) is 5.70 Å². The van der Waals surface area contributed by atoms with Gasteiger partial charge in [0, 0.05) is 29.0 Å². The first-order chi connectivity index (χ1) is 12.0. The summed E-state index contributed by atoms with van der Waals surface area (Å²) < 4.78 is 4.84. The normalized spacial score (nSPS) is 14.0. The molecule has 1 aliphatic rings. The first-order valence-electron chi connectivity index (χ1n) is 7.60. The van der Waals surface area contributed by atoms with Gasteiger partial charge in [-0.05, 0) is 25.5 Å². The van der Waals surface area contributed by atoms with Crippen LogP contribution in [0.25, 0.3) is 11.3 Å². The molecule has 0 unspecified atom stereocenters. The van der Waals surface area contributed by atoms with E-state index in [0.29, 0.717) is 29.1 Å². The molecule has 0 atom stereocenters. The maximum Gasteiger partial charge on any atom is 0.293 e. The van der Waals surface area contributed by atoms with Crippen molar-refractivity contribution in [3.63, 3.8) is 0 Å². The highest BCUT2D eigenvalue weighted by molar-refractivity contribution is 5.96. The highest BCUT2D eigenvalue weighted by atomic mass is 16.6. The van der Waals surface area contributed by atoms with Crippen molar-refractivity contribution in [1.82, 2.24) is 5.16 Å². The van der Waals surface area contributed by atoms with E-state index in [1.165, 1.54) is 19.3 Å². The fourth-order valence-corrected chi connectivity index (χ4v) is 2.48. The van der Waals surface area contributed by atoms with Crippen LogP contribution in [0.4, 0.5) is 5.69 Å². The van der Waals surface area contributed by atoms with Crippen molar-refractivity contribution in [2.24, 2.45) is 0 Å². The van der Waals surface area contributed by atoms with Gasteiger partial charge in [-0.3, -0.25) is 14.9 Å². The van der Waals surface area contributed by atoms with Gasteiger partial charge >= 0.3 is 0 Å². The van der Waals surface area contributed by atoms with Gasteiger partial charge in [-0.25, -0.2) is 0 Å². The number of hydrogen-bond acceptors (Lipinski definition) is 6. The molecule has 1 aromatic heterocycles. The maximum absolute atomic E-state index is 11.6. The molecule has 1 N–H and O–H groups in total. The third-order valence-electron chi connectivity index (χ3n) is 3.71. The highest BCUT2D eigenvalue weighted by Crippen LogP contribution is 2.25. The molecule has 25 heavy (non-hydrogen) atoms. The Morgan fingerprint density at radius 1 is 1.32 bits per heavy atom. The Balaban J connectivity index is 1.91. The van der Waals surface area contributed by atoms with Crippen molar-refractivity contribution in [2.75, 3.05) is 5.32 Å². The number of ketones is 1. The predicted molar refractivity (Wildman–Crippen MR) is 92.1 cm³/mol. The smallest absolute Gasteiger partial charge is 0.293 e. The Hall–Kier alpha value is -3.48. The van der Waals surface area contributed by atoms with Crippen LogP contribution >= 0.6 is 0 Å². The summed E-state index contributed by atoms with van der Waals surface area (Å²) in [6.45, 7) is 1.39. The fraction of sp³-hybridized carbons (Fsp3) is 0.111. The third-order valence-corrected chi connectivity index (χ3v) is 3.71. The molecule has 126 valence electrons. The van der Waals surface area contributed by atoms with Gasteiger partial charge in [-0.2, -0.15) is 0 Å². The van der Waals surface area contributed by atoms with Gasteiger partial charge in [-0.15, -0.1) is 0 Å². The van der Waals surface area contributed by atoms with E-state index in [1.54, 1.807) is 24.3 Å². The number of carbonyl (C=O) groups excluding carboxylic acids is 1. The summed E-state index contributed by atoms with van der Waals surface area (Å²) in [7, 11) is 0. The topological polar surface area (TPSA) is 98.3 Å². The molecule has 2 aromatic rings. The largest absolute Gasteiger partial charge is 0.364 e. The molecule has 0 aliphatic heterocycles. The molecular formula is C18H15N3O4. The van der Waals surface area contributed by atoms with Crippen molar-refractivity contribution >= 4 is 11.5 Å². The summed E-state index contributed by atoms with van der Waals surface area (Å²) in [5.41, 5.74) is 2.69. The van der Waals surface area contributed by atoms with Crippen molar-refractivity contribution in [2.45, 2.75) is 13.3 Å². The van der Waals surface area contributed by atoms with Gasteiger partial charge in [0.2, 0.25) is 0 Å². The number of hydrogen-bond donors (Lipinski definition) is 1. The van der Waals surface area contributed by atoms with Crippen LogP contribution in [0.15, 0.2) is 76.3 Å². The number of nitro groups is 1. The molecule has 0 fully saturated rings. The van der Waals surface area contributed by atoms with Gasteiger partial charge in [0.15, 0.2) is 5.78 Å². The van der Waals surface area contributed by atoms with Crippen LogP contribution in [0.5, 0.6) is 0 Å².